The first-order valence-electron chi connectivity index (χ1n) is 6.79. The predicted molar refractivity (Wildman–Crippen MR) is 78.8 cm³/mol. The third-order valence-electron chi connectivity index (χ3n) is 3.69. The van der Waals surface area contributed by atoms with E-state index in [0.717, 1.165) is 44.3 Å². The Morgan fingerprint density at radius 3 is 2.37 bits per heavy atom. The van der Waals surface area contributed by atoms with Crippen LogP contribution in [0.5, 0.6) is 0 Å². The Hall–Kier alpha value is -1.17. The molecule has 19 heavy (non-hydrogen) atoms. The molecule has 1 aliphatic heterocycles. The third-order valence-corrected chi connectivity index (χ3v) is 4.13. The fourth-order valence-corrected chi connectivity index (χ4v) is 3.04. The van der Waals surface area contributed by atoms with Crippen molar-refractivity contribution in [3.8, 4) is 0 Å². The summed E-state index contributed by atoms with van der Waals surface area (Å²) < 4.78 is 10.7. The van der Waals surface area contributed by atoms with Crippen LogP contribution in [0.15, 0.2) is 24.3 Å². The van der Waals surface area contributed by atoms with Crippen molar-refractivity contribution in [2.24, 2.45) is 0 Å². The van der Waals surface area contributed by atoms with Gasteiger partial charge < -0.3 is 13.9 Å². The molecule has 3 rings (SSSR count). The van der Waals surface area contributed by atoms with Gasteiger partial charge in [-0.3, -0.25) is 4.90 Å². The van der Waals surface area contributed by atoms with Gasteiger partial charge in [0.1, 0.15) is 0 Å². The van der Waals surface area contributed by atoms with E-state index >= 15 is 0 Å². The molecule has 0 N–H and O–H groups in total. The van der Waals surface area contributed by atoms with E-state index in [-0.39, 0.29) is 0 Å². The van der Waals surface area contributed by atoms with Crippen LogP contribution in [0.2, 0.25) is 0 Å². The third kappa shape index (κ3) is 2.33. The second-order valence-corrected chi connectivity index (χ2v) is 5.18. The molecule has 2 heterocycles. The number of hydrogen-bond acceptors (Lipinski definition) is 3. The molecule has 2 aromatic rings. The number of hydrogen-bond donors (Lipinski definition) is 0. The summed E-state index contributed by atoms with van der Waals surface area (Å²) in [6, 6.07) is 8.44. The Morgan fingerprint density at radius 2 is 1.74 bits per heavy atom. The molecule has 1 fully saturated rings. The average Bonchev–Trinajstić information content (AvgIpc) is 2.73. The molecule has 0 spiro atoms. The van der Waals surface area contributed by atoms with Gasteiger partial charge in [-0.2, -0.15) is 0 Å². The maximum Gasteiger partial charge on any atom is 0.181 e. The monoisotopic (exact) mass is 277 g/mol. The molecule has 0 radical (unpaired) electrons. The molecular weight excluding hydrogens is 258 g/mol. The zero-order valence-corrected chi connectivity index (χ0v) is 12.0. The Balaban J connectivity index is 2.02. The highest BCUT2D eigenvalue weighted by molar-refractivity contribution is 7.71. The Bertz CT molecular complexity index is 625. The normalized spacial score (nSPS) is 17.1. The van der Waals surface area contributed by atoms with E-state index in [0.29, 0.717) is 0 Å². The smallest absolute Gasteiger partial charge is 0.181 e. The minimum atomic E-state index is 0.819. The molecule has 0 unspecified atom stereocenters. The minimum Gasteiger partial charge on any atom is -0.379 e. The first-order valence-corrected chi connectivity index (χ1v) is 7.20. The topological polar surface area (TPSA) is 22.3 Å². The number of para-hydroxylation sites is 2. The van der Waals surface area contributed by atoms with Crippen LogP contribution < -0.4 is 0 Å². The molecule has 0 atom stereocenters. The van der Waals surface area contributed by atoms with Crippen LogP contribution in [-0.2, 0) is 18.0 Å². The largest absolute Gasteiger partial charge is 0.379 e. The van der Waals surface area contributed by atoms with Crippen molar-refractivity contribution in [2.45, 2.75) is 20.1 Å². The summed E-state index contributed by atoms with van der Waals surface area (Å²) in [5.74, 6) is 0. The first-order chi connectivity index (χ1) is 9.31. The van der Waals surface area contributed by atoms with Gasteiger partial charge in [-0.1, -0.05) is 12.1 Å². The maximum atomic E-state index is 5.63. The van der Waals surface area contributed by atoms with Gasteiger partial charge in [-0.05, 0) is 31.3 Å². The molecule has 0 amide bonds. The van der Waals surface area contributed by atoms with Crippen molar-refractivity contribution in [1.29, 1.82) is 0 Å². The lowest BCUT2D eigenvalue weighted by molar-refractivity contribution is 0.0238. The summed E-state index contributed by atoms with van der Waals surface area (Å²) >= 11 is 5.63. The van der Waals surface area contributed by atoms with E-state index in [1.807, 2.05) is 0 Å². The quantitative estimate of drug-likeness (QED) is 0.805. The molecule has 0 bridgehead atoms. The molecule has 5 heteroatoms. The molecule has 1 aromatic heterocycles. The van der Waals surface area contributed by atoms with Crippen LogP contribution in [0, 0.1) is 4.77 Å². The van der Waals surface area contributed by atoms with Gasteiger partial charge in [-0.15, -0.1) is 0 Å². The number of rotatable bonds is 3. The van der Waals surface area contributed by atoms with Crippen molar-refractivity contribution in [2.75, 3.05) is 26.3 Å². The highest BCUT2D eigenvalue weighted by atomic mass is 32.1. The number of aromatic nitrogens is 2. The van der Waals surface area contributed by atoms with Gasteiger partial charge in [0.15, 0.2) is 4.77 Å². The van der Waals surface area contributed by atoms with Crippen molar-refractivity contribution in [3.63, 3.8) is 0 Å². The molecule has 102 valence electrons. The van der Waals surface area contributed by atoms with Crippen molar-refractivity contribution >= 4 is 23.3 Å². The summed E-state index contributed by atoms with van der Waals surface area (Å²) in [4.78, 5) is 2.39. The molecule has 1 aromatic carbocycles. The highest BCUT2D eigenvalue weighted by Crippen LogP contribution is 2.18. The maximum absolute atomic E-state index is 5.63. The molecular formula is C14H19N3OS. The number of fused-ring (bicyclic) bond motifs is 1. The molecule has 1 saturated heterocycles. The lowest BCUT2D eigenvalue weighted by Crippen LogP contribution is -2.37. The van der Waals surface area contributed by atoms with Gasteiger partial charge in [0.05, 0.1) is 30.9 Å². The summed E-state index contributed by atoms with van der Waals surface area (Å²) in [6.07, 6.45) is 0. The Labute approximate surface area is 118 Å². The number of nitrogens with zero attached hydrogens (tertiary/aromatic N) is 3. The number of aryl methyl sites for hydroxylation is 1. The highest BCUT2D eigenvalue weighted by Gasteiger charge is 2.14. The Kier molecular flexibility index (Phi) is 3.68. The van der Waals surface area contributed by atoms with Crippen LogP contribution >= 0.6 is 12.2 Å². The van der Waals surface area contributed by atoms with E-state index in [1.165, 1.54) is 11.0 Å². The lowest BCUT2D eigenvalue weighted by atomic mass is 10.3. The SMILES string of the molecule is CCn1c(=S)n(CN2CCOCC2)c2ccccc21. The molecule has 0 aliphatic carbocycles. The zero-order chi connectivity index (χ0) is 13.2. The molecule has 1 aliphatic rings. The van der Waals surface area contributed by atoms with Gasteiger partial charge in [0.25, 0.3) is 0 Å². The van der Waals surface area contributed by atoms with E-state index < -0.39 is 0 Å². The number of morpholine rings is 1. The number of benzene rings is 1. The number of imidazole rings is 1. The predicted octanol–water partition coefficient (Wildman–Crippen LogP) is 2.48. The van der Waals surface area contributed by atoms with Gasteiger partial charge in [0, 0.05) is 19.6 Å². The fourth-order valence-electron chi connectivity index (χ4n) is 2.66. The molecule has 0 saturated carbocycles. The lowest BCUT2D eigenvalue weighted by Gasteiger charge is -2.27. The summed E-state index contributed by atoms with van der Waals surface area (Å²) in [5, 5.41) is 0. The summed E-state index contributed by atoms with van der Waals surface area (Å²) in [5.41, 5.74) is 2.45. The minimum absolute atomic E-state index is 0.819. The van der Waals surface area contributed by atoms with Crippen LogP contribution in [0.25, 0.3) is 11.0 Å². The fraction of sp³-hybridized carbons (Fsp3) is 0.500. The second-order valence-electron chi connectivity index (χ2n) is 4.82. The molecule has 4 nitrogen and oxygen atoms in total. The first kappa shape index (κ1) is 12.8. The summed E-state index contributed by atoms with van der Waals surface area (Å²) in [7, 11) is 0. The van der Waals surface area contributed by atoms with Gasteiger partial charge in [0.2, 0.25) is 0 Å². The average molecular weight is 277 g/mol. The number of ether oxygens (including phenoxy) is 1. The van der Waals surface area contributed by atoms with Crippen LogP contribution in [0.4, 0.5) is 0 Å². The van der Waals surface area contributed by atoms with Crippen molar-refractivity contribution < 1.29 is 4.74 Å². The van der Waals surface area contributed by atoms with Crippen molar-refractivity contribution in [3.05, 3.63) is 29.0 Å². The van der Waals surface area contributed by atoms with Crippen LogP contribution in [-0.4, -0.2) is 40.3 Å². The van der Waals surface area contributed by atoms with E-state index in [1.54, 1.807) is 0 Å². The second kappa shape index (κ2) is 5.45. The van der Waals surface area contributed by atoms with E-state index in [9.17, 15) is 0 Å². The van der Waals surface area contributed by atoms with Crippen LogP contribution in [0.1, 0.15) is 6.92 Å². The van der Waals surface area contributed by atoms with Crippen LogP contribution in [0.3, 0.4) is 0 Å². The van der Waals surface area contributed by atoms with E-state index in [4.69, 9.17) is 17.0 Å². The van der Waals surface area contributed by atoms with Crippen molar-refractivity contribution in [1.82, 2.24) is 14.0 Å². The van der Waals surface area contributed by atoms with E-state index in [2.05, 4.69) is 45.2 Å². The summed E-state index contributed by atoms with van der Waals surface area (Å²) in [6.45, 7) is 7.51. The van der Waals surface area contributed by atoms with Gasteiger partial charge in [-0.25, -0.2) is 0 Å². The standard InChI is InChI=1S/C14H19N3OS/c1-2-16-12-5-3-4-6-13(12)17(14(16)19)11-15-7-9-18-10-8-15/h3-6H,2,7-11H2,1H3. The van der Waals surface area contributed by atoms with Gasteiger partial charge >= 0.3 is 0 Å². The zero-order valence-electron chi connectivity index (χ0n) is 11.2. The Morgan fingerprint density at radius 1 is 1.11 bits per heavy atom.